The zero-order valence-corrected chi connectivity index (χ0v) is 9.42. The molecule has 0 unspecified atom stereocenters. The molecular formula is C8H12AuN2O2. The van der Waals surface area contributed by atoms with E-state index < -0.39 is 0 Å². The standard InChI is InChI=1S/C8H12N2O2.Au/c11-7-9-5-3-1-2-4-6-10-8-12;/h1-6H2;. The molecule has 0 aliphatic rings. The van der Waals surface area contributed by atoms with Gasteiger partial charge in [0, 0.05) is 22.4 Å². The van der Waals surface area contributed by atoms with Crippen molar-refractivity contribution >= 4 is 12.2 Å². The number of hydrogen-bond acceptors (Lipinski definition) is 4. The molecule has 0 spiro atoms. The second kappa shape index (κ2) is 14.0. The van der Waals surface area contributed by atoms with Gasteiger partial charge in [0.15, 0.2) is 0 Å². The Morgan fingerprint density at radius 3 is 1.46 bits per heavy atom. The Bertz CT molecular complexity index is 174. The minimum atomic E-state index is 0. The minimum absolute atomic E-state index is 0. The predicted molar refractivity (Wildman–Crippen MR) is 44.4 cm³/mol. The van der Waals surface area contributed by atoms with E-state index in [-0.39, 0.29) is 22.4 Å². The summed E-state index contributed by atoms with van der Waals surface area (Å²) in [4.78, 5) is 26.1. The van der Waals surface area contributed by atoms with Crippen molar-refractivity contribution in [3.8, 4) is 0 Å². The fourth-order valence-corrected chi connectivity index (χ4v) is 0.827. The number of rotatable bonds is 7. The van der Waals surface area contributed by atoms with Crippen LogP contribution in [0.4, 0.5) is 0 Å². The third-order valence-corrected chi connectivity index (χ3v) is 1.42. The van der Waals surface area contributed by atoms with Crippen LogP contribution in [0.2, 0.25) is 0 Å². The topological polar surface area (TPSA) is 58.9 Å². The molecule has 0 amide bonds. The quantitative estimate of drug-likeness (QED) is 0.295. The van der Waals surface area contributed by atoms with Gasteiger partial charge in [0.1, 0.15) is 0 Å². The van der Waals surface area contributed by atoms with Gasteiger partial charge in [0.25, 0.3) is 0 Å². The van der Waals surface area contributed by atoms with Crippen molar-refractivity contribution in [2.24, 2.45) is 9.98 Å². The van der Waals surface area contributed by atoms with Crippen LogP contribution in [-0.4, -0.2) is 25.2 Å². The Balaban J connectivity index is 0. The maximum atomic E-state index is 9.63. The third kappa shape index (κ3) is 14.4. The van der Waals surface area contributed by atoms with E-state index in [1.807, 2.05) is 0 Å². The van der Waals surface area contributed by atoms with E-state index in [4.69, 9.17) is 0 Å². The first-order chi connectivity index (χ1) is 5.91. The van der Waals surface area contributed by atoms with E-state index in [1.165, 1.54) is 12.2 Å². The van der Waals surface area contributed by atoms with Crippen LogP contribution in [0.25, 0.3) is 0 Å². The van der Waals surface area contributed by atoms with E-state index in [0.29, 0.717) is 13.1 Å². The monoisotopic (exact) mass is 365 g/mol. The maximum absolute atomic E-state index is 9.63. The molecule has 0 aliphatic carbocycles. The molecule has 0 bridgehead atoms. The minimum Gasteiger partial charge on any atom is -0.211 e. The zero-order valence-electron chi connectivity index (χ0n) is 7.26. The number of isocyanates is 2. The molecule has 0 N–H and O–H groups in total. The average molecular weight is 365 g/mol. The molecule has 5 heteroatoms. The van der Waals surface area contributed by atoms with Crippen LogP contribution < -0.4 is 0 Å². The van der Waals surface area contributed by atoms with Crippen molar-refractivity contribution in [3.05, 3.63) is 0 Å². The largest absolute Gasteiger partial charge is 0.234 e. The fourth-order valence-electron chi connectivity index (χ4n) is 0.827. The smallest absolute Gasteiger partial charge is 0.211 e. The van der Waals surface area contributed by atoms with Crippen LogP contribution in [0, 0.1) is 0 Å². The summed E-state index contributed by atoms with van der Waals surface area (Å²) < 4.78 is 0. The number of hydrogen-bond donors (Lipinski definition) is 0. The summed E-state index contributed by atoms with van der Waals surface area (Å²) in [5.74, 6) is 0. The Morgan fingerprint density at radius 1 is 0.769 bits per heavy atom. The number of aliphatic imine (C=N–C) groups is 2. The molecule has 0 saturated heterocycles. The first-order valence-electron chi connectivity index (χ1n) is 3.99. The van der Waals surface area contributed by atoms with Gasteiger partial charge in [-0.05, 0) is 12.8 Å². The Kier molecular flexibility index (Phi) is 16.2. The second-order valence-electron chi connectivity index (χ2n) is 2.36. The number of nitrogens with zero attached hydrogens (tertiary/aromatic N) is 2. The summed E-state index contributed by atoms with van der Waals surface area (Å²) in [5, 5.41) is 0. The summed E-state index contributed by atoms with van der Waals surface area (Å²) in [7, 11) is 0. The summed E-state index contributed by atoms with van der Waals surface area (Å²) in [6.07, 6.45) is 6.80. The second-order valence-corrected chi connectivity index (χ2v) is 2.36. The van der Waals surface area contributed by atoms with Crippen LogP contribution in [-0.2, 0) is 32.0 Å². The van der Waals surface area contributed by atoms with Crippen LogP contribution in [0.15, 0.2) is 9.98 Å². The van der Waals surface area contributed by atoms with E-state index in [0.717, 1.165) is 25.7 Å². The molecule has 0 aliphatic heterocycles. The van der Waals surface area contributed by atoms with Gasteiger partial charge in [-0.3, -0.25) is 0 Å². The summed E-state index contributed by atoms with van der Waals surface area (Å²) in [5.41, 5.74) is 0. The molecular weight excluding hydrogens is 353 g/mol. The van der Waals surface area contributed by atoms with E-state index in [1.54, 1.807) is 0 Å². The van der Waals surface area contributed by atoms with Crippen LogP contribution >= 0.6 is 0 Å². The van der Waals surface area contributed by atoms with Crippen LogP contribution in [0.5, 0.6) is 0 Å². The molecule has 0 aromatic carbocycles. The molecule has 1 radical (unpaired) electrons. The van der Waals surface area contributed by atoms with E-state index in [2.05, 4.69) is 9.98 Å². The fraction of sp³-hybridized carbons (Fsp3) is 0.750. The van der Waals surface area contributed by atoms with Crippen molar-refractivity contribution in [1.29, 1.82) is 0 Å². The van der Waals surface area contributed by atoms with Gasteiger partial charge in [-0.25, -0.2) is 19.6 Å². The number of carbonyl (C=O) groups excluding carboxylic acids is 2. The summed E-state index contributed by atoms with van der Waals surface area (Å²) in [6, 6.07) is 0. The van der Waals surface area contributed by atoms with Crippen LogP contribution in [0.1, 0.15) is 25.7 Å². The van der Waals surface area contributed by atoms with Gasteiger partial charge in [-0.2, -0.15) is 0 Å². The van der Waals surface area contributed by atoms with Gasteiger partial charge < -0.3 is 0 Å². The van der Waals surface area contributed by atoms with Gasteiger partial charge in [0.2, 0.25) is 12.2 Å². The first kappa shape index (κ1) is 15.0. The van der Waals surface area contributed by atoms with E-state index >= 15 is 0 Å². The van der Waals surface area contributed by atoms with Gasteiger partial charge >= 0.3 is 0 Å². The normalized spacial score (nSPS) is 7.69. The van der Waals surface area contributed by atoms with Gasteiger partial charge in [0.05, 0.1) is 13.1 Å². The Morgan fingerprint density at radius 2 is 1.15 bits per heavy atom. The molecule has 0 atom stereocenters. The molecule has 77 valence electrons. The summed E-state index contributed by atoms with van der Waals surface area (Å²) in [6.45, 7) is 1.11. The molecule has 4 nitrogen and oxygen atoms in total. The molecule has 0 rings (SSSR count). The first-order valence-corrected chi connectivity index (χ1v) is 3.99. The van der Waals surface area contributed by atoms with Crippen LogP contribution in [0.3, 0.4) is 0 Å². The van der Waals surface area contributed by atoms with Gasteiger partial charge in [-0.1, -0.05) is 12.8 Å². The zero-order chi connectivity index (χ0) is 9.07. The van der Waals surface area contributed by atoms with Crippen molar-refractivity contribution in [2.75, 3.05) is 13.1 Å². The molecule has 0 heterocycles. The Hall–Kier alpha value is -0.500. The molecule has 0 aromatic heterocycles. The summed E-state index contributed by atoms with van der Waals surface area (Å²) >= 11 is 0. The molecule has 0 saturated carbocycles. The molecule has 0 fully saturated rings. The Labute approximate surface area is 93.0 Å². The van der Waals surface area contributed by atoms with Crippen molar-refractivity contribution in [3.63, 3.8) is 0 Å². The van der Waals surface area contributed by atoms with Crippen molar-refractivity contribution < 1.29 is 32.0 Å². The molecule has 0 aromatic rings. The SMILES string of the molecule is O=C=NCCCCCCN=C=O.[Au]. The van der Waals surface area contributed by atoms with Gasteiger partial charge in [-0.15, -0.1) is 0 Å². The average Bonchev–Trinajstić information content (AvgIpc) is 2.10. The third-order valence-electron chi connectivity index (χ3n) is 1.42. The number of unbranched alkanes of at least 4 members (excludes halogenated alkanes) is 3. The van der Waals surface area contributed by atoms with Crippen molar-refractivity contribution in [1.82, 2.24) is 0 Å². The molecule has 13 heavy (non-hydrogen) atoms. The van der Waals surface area contributed by atoms with Crippen molar-refractivity contribution in [2.45, 2.75) is 25.7 Å². The van der Waals surface area contributed by atoms with E-state index in [9.17, 15) is 9.59 Å². The maximum Gasteiger partial charge on any atom is 0.234 e. The predicted octanol–water partition coefficient (Wildman–Crippen LogP) is 1.22.